The summed E-state index contributed by atoms with van der Waals surface area (Å²) in [5, 5.41) is 0. The van der Waals surface area contributed by atoms with Gasteiger partial charge in [0.15, 0.2) is 5.76 Å². The van der Waals surface area contributed by atoms with Crippen molar-refractivity contribution in [3.8, 4) is 0 Å². The quantitative estimate of drug-likeness (QED) is 0.754. The molecule has 0 spiro atoms. The predicted octanol–water partition coefficient (Wildman–Crippen LogP) is 1.80. The molecule has 0 fully saturated rings. The highest BCUT2D eigenvalue weighted by molar-refractivity contribution is 6.09. The number of nitrogens with zero attached hydrogens (tertiary/aromatic N) is 1. The van der Waals surface area contributed by atoms with Crippen LogP contribution in [0.5, 0.6) is 0 Å². The second-order valence-corrected chi connectivity index (χ2v) is 3.25. The Kier molecular flexibility index (Phi) is 2.25. The fourth-order valence-corrected chi connectivity index (χ4v) is 1.30. The average Bonchev–Trinajstić information content (AvgIpc) is 2.74. The number of furan rings is 1. The molecule has 2 aromatic heterocycles. The van der Waals surface area contributed by atoms with Crippen molar-refractivity contribution in [3.05, 3.63) is 47.5 Å². The highest BCUT2D eigenvalue weighted by Gasteiger charge is 2.15. The number of aromatic nitrogens is 1. The van der Waals surface area contributed by atoms with Crippen molar-refractivity contribution >= 4 is 11.6 Å². The lowest BCUT2D eigenvalue weighted by Crippen LogP contribution is -2.06. The molecular formula is C11H10N2O2. The van der Waals surface area contributed by atoms with Crippen LogP contribution in [0.15, 0.2) is 35.1 Å². The zero-order valence-electron chi connectivity index (χ0n) is 8.23. The number of carbonyl (C=O) groups is 1. The Balaban J connectivity index is 2.46. The first-order valence-electron chi connectivity index (χ1n) is 4.49. The molecule has 0 bridgehead atoms. The minimum absolute atomic E-state index is 0.224. The van der Waals surface area contributed by atoms with Gasteiger partial charge in [-0.3, -0.25) is 4.79 Å². The number of anilines is 1. The molecule has 0 amide bonds. The van der Waals surface area contributed by atoms with Gasteiger partial charge in [-0.05, 0) is 30.7 Å². The molecule has 0 saturated heterocycles. The third-order valence-corrected chi connectivity index (χ3v) is 2.04. The van der Waals surface area contributed by atoms with Crippen LogP contribution < -0.4 is 5.73 Å². The fraction of sp³-hybridized carbons (Fsp3) is 0.0909. The minimum atomic E-state index is -0.242. The number of pyridine rings is 1. The van der Waals surface area contributed by atoms with Gasteiger partial charge < -0.3 is 10.2 Å². The molecule has 0 aliphatic rings. The standard InChI is InChI=1S/C11H10N2O2/c1-7-5-8(11(12)13-6-7)10(14)9-3-2-4-15-9/h2-6H,1H3,(H2,12,13). The number of hydrogen-bond donors (Lipinski definition) is 1. The highest BCUT2D eigenvalue weighted by atomic mass is 16.3. The lowest BCUT2D eigenvalue weighted by molar-refractivity contribution is 0.101. The van der Waals surface area contributed by atoms with Crippen LogP contribution in [0.25, 0.3) is 0 Å². The molecule has 0 radical (unpaired) electrons. The van der Waals surface area contributed by atoms with Crippen LogP contribution in [0.4, 0.5) is 5.82 Å². The summed E-state index contributed by atoms with van der Waals surface area (Å²) in [7, 11) is 0. The molecule has 2 rings (SSSR count). The van der Waals surface area contributed by atoms with Gasteiger partial charge in [0.05, 0.1) is 11.8 Å². The van der Waals surface area contributed by atoms with E-state index in [4.69, 9.17) is 10.2 Å². The summed E-state index contributed by atoms with van der Waals surface area (Å²) < 4.78 is 5.01. The van der Waals surface area contributed by atoms with E-state index >= 15 is 0 Å². The third kappa shape index (κ3) is 1.74. The van der Waals surface area contributed by atoms with Gasteiger partial charge in [-0.25, -0.2) is 4.98 Å². The number of ketones is 1. The Morgan fingerprint density at radius 2 is 2.33 bits per heavy atom. The molecule has 0 aliphatic heterocycles. The minimum Gasteiger partial charge on any atom is -0.461 e. The Labute approximate surface area is 86.7 Å². The molecular weight excluding hydrogens is 192 g/mol. The van der Waals surface area contributed by atoms with E-state index in [2.05, 4.69) is 4.98 Å². The molecule has 4 nitrogen and oxygen atoms in total. The van der Waals surface area contributed by atoms with E-state index in [9.17, 15) is 4.79 Å². The lowest BCUT2D eigenvalue weighted by Gasteiger charge is -2.02. The molecule has 15 heavy (non-hydrogen) atoms. The molecule has 2 heterocycles. The van der Waals surface area contributed by atoms with E-state index in [0.29, 0.717) is 5.56 Å². The van der Waals surface area contributed by atoms with Crippen LogP contribution in [0.1, 0.15) is 21.7 Å². The van der Waals surface area contributed by atoms with Crippen molar-refractivity contribution in [1.82, 2.24) is 4.98 Å². The van der Waals surface area contributed by atoms with E-state index in [0.717, 1.165) is 5.56 Å². The monoisotopic (exact) mass is 202 g/mol. The van der Waals surface area contributed by atoms with E-state index < -0.39 is 0 Å². The SMILES string of the molecule is Cc1cnc(N)c(C(=O)c2ccco2)c1. The van der Waals surface area contributed by atoms with Crippen LogP contribution in [0.3, 0.4) is 0 Å². The Morgan fingerprint density at radius 1 is 1.53 bits per heavy atom. The van der Waals surface area contributed by atoms with Crippen LogP contribution in [-0.4, -0.2) is 10.8 Å². The summed E-state index contributed by atoms with van der Waals surface area (Å²) in [5.74, 6) is 0.254. The number of carbonyl (C=O) groups excluding carboxylic acids is 1. The molecule has 0 aromatic carbocycles. The third-order valence-electron chi connectivity index (χ3n) is 2.04. The van der Waals surface area contributed by atoms with Crippen LogP contribution in [-0.2, 0) is 0 Å². The van der Waals surface area contributed by atoms with E-state index in [1.807, 2.05) is 6.92 Å². The van der Waals surface area contributed by atoms with Gasteiger partial charge in [0, 0.05) is 6.20 Å². The van der Waals surface area contributed by atoms with Crippen molar-refractivity contribution in [3.63, 3.8) is 0 Å². The van der Waals surface area contributed by atoms with Gasteiger partial charge in [0.25, 0.3) is 0 Å². The number of nitrogens with two attached hydrogens (primary N) is 1. The van der Waals surface area contributed by atoms with E-state index in [1.54, 1.807) is 24.4 Å². The molecule has 0 atom stereocenters. The summed E-state index contributed by atoms with van der Waals surface area (Å²) in [4.78, 5) is 15.8. The highest BCUT2D eigenvalue weighted by Crippen LogP contribution is 2.16. The lowest BCUT2D eigenvalue weighted by atomic mass is 10.1. The van der Waals surface area contributed by atoms with Gasteiger partial charge in [-0.15, -0.1) is 0 Å². The van der Waals surface area contributed by atoms with Crippen molar-refractivity contribution in [2.24, 2.45) is 0 Å². The summed E-state index contributed by atoms with van der Waals surface area (Å²) in [5.41, 5.74) is 6.89. The topological polar surface area (TPSA) is 69.1 Å². The van der Waals surface area contributed by atoms with Crippen LogP contribution >= 0.6 is 0 Å². The van der Waals surface area contributed by atoms with Crippen LogP contribution in [0.2, 0.25) is 0 Å². The maximum atomic E-state index is 11.9. The summed E-state index contributed by atoms with van der Waals surface area (Å²) in [6.45, 7) is 1.85. The maximum Gasteiger partial charge on any atom is 0.231 e. The van der Waals surface area contributed by atoms with Gasteiger partial charge in [-0.1, -0.05) is 0 Å². The molecule has 0 saturated carbocycles. The Hall–Kier alpha value is -2.10. The molecule has 2 aromatic rings. The molecule has 76 valence electrons. The van der Waals surface area contributed by atoms with Crippen molar-refractivity contribution in [1.29, 1.82) is 0 Å². The first-order chi connectivity index (χ1) is 7.18. The van der Waals surface area contributed by atoms with Crippen molar-refractivity contribution in [2.75, 3.05) is 5.73 Å². The summed E-state index contributed by atoms with van der Waals surface area (Å²) in [6.07, 6.45) is 3.07. The number of nitrogen functional groups attached to an aromatic ring is 1. The molecule has 0 aliphatic carbocycles. The first kappa shape index (κ1) is 9.45. The van der Waals surface area contributed by atoms with E-state index in [1.165, 1.54) is 6.26 Å². The second-order valence-electron chi connectivity index (χ2n) is 3.25. The average molecular weight is 202 g/mol. The normalized spacial score (nSPS) is 10.2. The maximum absolute atomic E-state index is 11.9. The van der Waals surface area contributed by atoms with Crippen molar-refractivity contribution < 1.29 is 9.21 Å². The van der Waals surface area contributed by atoms with Crippen molar-refractivity contribution in [2.45, 2.75) is 6.92 Å². The predicted molar refractivity (Wildman–Crippen MR) is 55.5 cm³/mol. The molecule has 2 N–H and O–H groups in total. The first-order valence-corrected chi connectivity index (χ1v) is 4.49. The number of aryl methyl sites for hydroxylation is 1. The van der Waals surface area contributed by atoms with Gasteiger partial charge in [-0.2, -0.15) is 0 Å². The Bertz CT molecular complexity index is 489. The van der Waals surface area contributed by atoms with Gasteiger partial charge in [0.2, 0.25) is 5.78 Å². The van der Waals surface area contributed by atoms with Gasteiger partial charge >= 0.3 is 0 Å². The summed E-state index contributed by atoms with van der Waals surface area (Å²) >= 11 is 0. The second kappa shape index (κ2) is 3.57. The summed E-state index contributed by atoms with van der Waals surface area (Å²) in [6, 6.07) is 4.96. The number of hydrogen-bond acceptors (Lipinski definition) is 4. The molecule has 0 unspecified atom stereocenters. The van der Waals surface area contributed by atoms with Gasteiger partial charge in [0.1, 0.15) is 5.82 Å². The fourth-order valence-electron chi connectivity index (χ4n) is 1.30. The zero-order chi connectivity index (χ0) is 10.8. The smallest absolute Gasteiger partial charge is 0.231 e. The largest absolute Gasteiger partial charge is 0.461 e. The van der Waals surface area contributed by atoms with Crippen LogP contribution in [0, 0.1) is 6.92 Å². The zero-order valence-corrected chi connectivity index (χ0v) is 8.23. The Morgan fingerprint density at radius 3 is 3.00 bits per heavy atom. The van der Waals surface area contributed by atoms with E-state index in [-0.39, 0.29) is 17.4 Å². The molecule has 4 heteroatoms. The number of rotatable bonds is 2.